The number of benzene rings is 2. The van der Waals surface area contributed by atoms with Gasteiger partial charge in [-0.25, -0.2) is 9.59 Å². The number of aliphatic hydroxyl groups is 2. The molecule has 47 heavy (non-hydrogen) atoms. The Balaban J connectivity index is 1.94. The van der Waals surface area contributed by atoms with Crippen LogP contribution in [0, 0.1) is 0 Å². The molecule has 0 heterocycles. The number of hydrogen-bond donors (Lipinski definition) is 4. The Hall–Kier alpha value is -3.59. The molecule has 0 aliphatic rings. The molecular weight excluding hydrogens is 616 g/mol. The van der Waals surface area contributed by atoms with Gasteiger partial charge in [0, 0.05) is 33.8 Å². The number of carbonyl (C=O) groups is 2. The number of phenols is 2. The number of aliphatic hydroxyl groups excluding tert-OH is 2. The molecule has 0 aliphatic carbocycles. The van der Waals surface area contributed by atoms with Crippen LogP contribution in [0.4, 0.5) is 0 Å². The average Bonchev–Trinajstić information content (AvgIpc) is 2.91. The largest absolute Gasteiger partial charge is 0.507 e. The van der Waals surface area contributed by atoms with Gasteiger partial charge in [0.15, 0.2) is 0 Å². The van der Waals surface area contributed by atoms with Gasteiger partial charge in [0.1, 0.15) is 24.7 Å². The number of carbonyl (C=O) groups excluding carboxylic acids is 2. The number of rotatable bonds is 10. The van der Waals surface area contributed by atoms with E-state index in [-0.39, 0.29) is 46.4 Å². The van der Waals surface area contributed by atoms with Gasteiger partial charge in [0.05, 0.1) is 0 Å². The van der Waals surface area contributed by atoms with Gasteiger partial charge in [-0.3, -0.25) is 0 Å². The number of phenolic OH excluding ortho intramolecular Hbond substituents is 2. The van der Waals surface area contributed by atoms with Crippen molar-refractivity contribution in [2.45, 2.75) is 105 Å². The van der Waals surface area contributed by atoms with E-state index in [1.54, 1.807) is 24.3 Å². The third-order valence-corrected chi connectivity index (χ3v) is 8.35. The summed E-state index contributed by atoms with van der Waals surface area (Å²) in [7, 11) is 0. The molecule has 4 N–H and O–H groups in total. The van der Waals surface area contributed by atoms with Crippen molar-refractivity contribution < 1.29 is 39.5 Å². The smallest absolute Gasteiger partial charge is 0.373 e. The fourth-order valence-electron chi connectivity index (χ4n) is 4.84. The number of hydrogen-bond acceptors (Lipinski definition) is 9. The van der Waals surface area contributed by atoms with E-state index < -0.39 is 23.5 Å². The van der Waals surface area contributed by atoms with Crippen LogP contribution in [0.25, 0.3) is 12.2 Å². The second kappa shape index (κ2) is 15.1. The van der Waals surface area contributed by atoms with E-state index in [9.17, 15) is 30.0 Å². The summed E-state index contributed by atoms with van der Waals surface area (Å²) in [5.74, 6) is -1.61. The number of ether oxygens (including phenoxy) is 2. The van der Waals surface area contributed by atoms with Crippen molar-refractivity contribution in [3.63, 3.8) is 0 Å². The van der Waals surface area contributed by atoms with Crippen molar-refractivity contribution in [3.05, 3.63) is 69.2 Å². The predicted octanol–water partition coefficient (Wildman–Crippen LogP) is 8.61. The van der Waals surface area contributed by atoms with Gasteiger partial charge in [-0.05, 0) is 69.2 Å². The Labute approximate surface area is 284 Å². The van der Waals surface area contributed by atoms with E-state index >= 15 is 0 Å². The van der Waals surface area contributed by atoms with Crippen LogP contribution in [0.2, 0.25) is 0 Å². The molecule has 2 rings (SSSR count). The highest BCUT2D eigenvalue weighted by Gasteiger charge is 2.28. The van der Waals surface area contributed by atoms with Crippen molar-refractivity contribution in [1.29, 1.82) is 0 Å². The Morgan fingerprint density at radius 2 is 0.830 bits per heavy atom. The fourth-order valence-corrected chi connectivity index (χ4v) is 5.44. The first-order valence-corrected chi connectivity index (χ1v) is 17.0. The highest BCUT2D eigenvalue weighted by Crippen LogP contribution is 2.41. The summed E-state index contributed by atoms with van der Waals surface area (Å²) in [6.45, 7) is 23.9. The molecule has 9 heteroatoms. The van der Waals surface area contributed by atoms with Gasteiger partial charge in [-0.15, -0.1) is 0 Å². The zero-order valence-corrected chi connectivity index (χ0v) is 30.9. The van der Waals surface area contributed by atoms with E-state index in [1.165, 1.54) is 23.9 Å². The summed E-state index contributed by atoms with van der Waals surface area (Å²) in [6, 6.07) is 7.04. The van der Waals surface area contributed by atoms with Gasteiger partial charge in [-0.2, -0.15) is 11.8 Å². The maximum atomic E-state index is 12.4. The SMILES string of the molecule is CC(C)(C)c1cc(C=C(O)C(=O)OCCSCCOC(=O)C(O)=Cc2cc(C(C)(C)C)c(O)c(C(C)(C)C)c2)cc(C(C)(C)C)c1O. The molecule has 0 unspecified atom stereocenters. The third-order valence-electron chi connectivity index (χ3n) is 7.44. The van der Waals surface area contributed by atoms with Crippen molar-refractivity contribution in [1.82, 2.24) is 0 Å². The van der Waals surface area contributed by atoms with Crippen molar-refractivity contribution in [2.75, 3.05) is 24.7 Å². The first-order chi connectivity index (χ1) is 21.3. The predicted molar refractivity (Wildman–Crippen MR) is 191 cm³/mol. The van der Waals surface area contributed by atoms with Gasteiger partial charge >= 0.3 is 11.9 Å². The van der Waals surface area contributed by atoms with Gasteiger partial charge in [0.2, 0.25) is 11.5 Å². The lowest BCUT2D eigenvalue weighted by molar-refractivity contribution is -0.141. The lowest BCUT2D eigenvalue weighted by Crippen LogP contribution is -2.17. The lowest BCUT2D eigenvalue weighted by Gasteiger charge is -2.28. The second-order valence-corrected chi connectivity index (χ2v) is 17.1. The Kier molecular flexibility index (Phi) is 12.7. The third kappa shape index (κ3) is 11.3. The number of thioether (sulfide) groups is 1. The zero-order valence-electron chi connectivity index (χ0n) is 30.1. The average molecular weight is 671 g/mol. The van der Waals surface area contributed by atoms with Crippen LogP contribution in [0.15, 0.2) is 35.8 Å². The minimum absolute atomic E-state index is 0.0314. The first-order valence-electron chi connectivity index (χ1n) is 15.8. The topological polar surface area (TPSA) is 134 Å². The van der Waals surface area contributed by atoms with E-state index in [1.807, 2.05) is 83.1 Å². The van der Waals surface area contributed by atoms with E-state index in [4.69, 9.17) is 9.47 Å². The molecule has 0 aliphatic heterocycles. The Morgan fingerprint density at radius 1 is 0.574 bits per heavy atom. The fraction of sp³-hybridized carbons (Fsp3) is 0.526. The molecule has 0 fully saturated rings. The summed E-state index contributed by atoms with van der Waals surface area (Å²) in [6.07, 6.45) is 2.68. The number of aromatic hydroxyl groups is 2. The lowest BCUT2D eigenvalue weighted by atomic mass is 9.78. The molecule has 0 atom stereocenters. The summed E-state index contributed by atoms with van der Waals surface area (Å²) in [5, 5.41) is 42.7. The van der Waals surface area contributed by atoms with Crippen LogP contribution in [0.1, 0.15) is 116 Å². The summed E-state index contributed by atoms with van der Waals surface area (Å²) < 4.78 is 10.4. The molecule has 0 saturated carbocycles. The summed E-state index contributed by atoms with van der Waals surface area (Å²) in [5.41, 5.74) is 2.57. The second-order valence-electron chi connectivity index (χ2n) is 15.9. The highest BCUT2D eigenvalue weighted by atomic mass is 32.2. The molecule has 0 spiro atoms. The molecule has 2 aromatic rings. The molecule has 0 bridgehead atoms. The van der Waals surface area contributed by atoms with Crippen LogP contribution in [-0.4, -0.2) is 57.1 Å². The molecule has 0 amide bonds. The monoisotopic (exact) mass is 670 g/mol. The Bertz CT molecular complexity index is 1320. The normalized spacial score (nSPS) is 13.4. The molecule has 0 saturated heterocycles. The minimum atomic E-state index is -0.867. The Morgan fingerprint density at radius 3 is 1.06 bits per heavy atom. The first kappa shape index (κ1) is 39.6. The summed E-state index contributed by atoms with van der Waals surface area (Å²) >= 11 is 1.38. The minimum Gasteiger partial charge on any atom is -0.507 e. The molecule has 8 nitrogen and oxygen atoms in total. The number of esters is 2. The van der Waals surface area contributed by atoms with Crippen LogP contribution < -0.4 is 0 Å². The molecular formula is C38H54O8S. The van der Waals surface area contributed by atoms with Crippen LogP contribution in [0.3, 0.4) is 0 Å². The zero-order chi connectivity index (χ0) is 36.1. The van der Waals surface area contributed by atoms with Gasteiger partial charge in [0.25, 0.3) is 0 Å². The quantitative estimate of drug-likeness (QED) is 0.0849. The van der Waals surface area contributed by atoms with Gasteiger partial charge in [-0.1, -0.05) is 83.1 Å². The van der Waals surface area contributed by atoms with Crippen molar-refractivity contribution in [3.8, 4) is 11.5 Å². The van der Waals surface area contributed by atoms with Crippen molar-refractivity contribution in [2.24, 2.45) is 0 Å². The summed E-state index contributed by atoms with van der Waals surface area (Å²) in [4.78, 5) is 24.9. The highest BCUT2D eigenvalue weighted by molar-refractivity contribution is 7.99. The van der Waals surface area contributed by atoms with E-state index in [0.29, 0.717) is 44.9 Å². The van der Waals surface area contributed by atoms with Crippen LogP contribution in [-0.2, 0) is 40.7 Å². The molecule has 2 aromatic carbocycles. The van der Waals surface area contributed by atoms with Gasteiger partial charge < -0.3 is 29.9 Å². The van der Waals surface area contributed by atoms with Crippen LogP contribution in [0.5, 0.6) is 11.5 Å². The van der Waals surface area contributed by atoms with E-state index in [2.05, 4.69) is 0 Å². The maximum absolute atomic E-state index is 12.4. The standard InChI is InChI=1S/C38H54O8S/c1-35(2,3)25-17-23(18-26(31(25)41)36(4,5)6)21-29(39)33(43)45-13-15-47-16-14-46-34(44)30(40)22-24-19-27(37(7,8)9)32(42)28(20-24)38(10,11)12/h17-22,39-42H,13-16H2,1-12H3. The maximum Gasteiger partial charge on any atom is 0.373 e. The van der Waals surface area contributed by atoms with E-state index in [0.717, 1.165) is 0 Å². The molecule has 0 aromatic heterocycles. The molecule has 0 radical (unpaired) electrons. The van der Waals surface area contributed by atoms with Crippen LogP contribution >= 0.6 is 11.8 Å². The van der Waals surface area contributed by atoms with Crippen molar-refractivity contribution >= 4 is 35.9 Å². The molecule has 260 valence electrons.